The summed E-state index contributed by atoms with van der Waals surface area (Å²) in [7, 11) is 0. The Labute approximate surface area is 92.6 Å². The fraction of sp³-hybridized carbons (Fsp3) is 0.200. The van der Waals surface area contributed by atoms with Crippen molar-refractivity contribution in [2.45, 2.75) is 6.61 Å². The maximum absolute atomic E-state index is 8.85. The van der Waals surface area contributed by atoms with E-state index < -0.39 is 0 Å². The van der Waals surface area contributed by atoms with Crippen molar-refractivity contribution in [3.63, 3.8) is 0 Å². The van der Waals surface area contributed by atoms with Crippen LogP contribution in [0.15, 0.2) is 29.3 Å². The number of thioether (sulfide) groups is 1. The van der Waals surface area contributed by atoms with Crippen LogP contribution in [-0.4, -0.2) is 16.5 Å². The van der Waals surface area contributed by atoms with E-state index in [4.69, 9.17) is 10.4 Å². The summed E-state index contributed by atoms with van der Waals surface area (Å²) in [6.07, 6.45) is 3.66. The monoisotopic (exact) mass is 221 g/mol. The molecule has 1 aromatic rings. The summed E-state index contributed by atoms with van der Waals surface area (Å²) < 4.78 is 0. The second kappa shape index (κ2) is 6.06. The summed E-state index contributed by atoms with van der Waals surface area (Å²) in [4.78, 5) is 4.21. The lowest BCUT2D eigenvalue weighted by Gasteiger charge is -2.00. The highest BCUT2D eigenvalue weighted by Crippen LogP contribution is 2.14. The molecule has 0 radical (unpaired) electrons. The van der Waals surface area contributed by atoms with Gasteiger partial charge in [-0.05, 0) is 24.0 Å². The molecule has 0 saturated carbocycles. The molecule has 1 aromatic carbocycles. The highest BCUT2D eigenvalue weighted by atomic mass is 32.2. The maximum Gasteiger partial charge on any atom is 0.183 e. The number of aliphatic hydroxyl groups excluding tert-OH is 1. The van der Waals surface area contributed by atoms with Crippen LogP contribution in [0.2, 0.25) is 0 Å². The molecule has 2 N–H and O–H groups in total. The number of amidine groups is 1. The number of nitrogens with zero attached hydrogens (tertiary/aromatic N) is 2. The van der Waals surface area contributed by atoms with Gasteiger partial charge in [0.1, 0.15) is 0 Å². The molecular weight excluding hydrogens is 210 g/mol. The number of hydrogen-bond acceptors (Lipinski definition) is 4. The van der Waals surface area contributed by atoms with Crippen LogP contribution in [0.4, 0.5) is 5.69 Å². The normalized spacial score (nSPS) is 10.9. The molecule has 0 fully saturated rings. The van der Waals surface area contributed by atoms with Crippen LogP contribution in [0.5, 0.6) is 0 Å². The van der Waals surface area contributed by atoms with Crippen LogP contribution in [0.25, 0.3) is 0 Å². The van der Waals surface area contributed by atoms with Crippen LogP contribution in [0, 0.1) is 11.5 Å². The lowest BCUT2D eigenvalue weighted by atomic mass is 10.2. The highest BCUT2D eigenvalue weighted by molar-refractivity contribution is 8.13. The number of nitrogens with one attached hydrogen (secondary N) is 1. The van der Waals surface area contributed by atoms with Crippen molar-refractivity contribution in [3.05, 3.63) is 29.8 Å². The van der Waals surface area contributed by atoms with Gasteiger partial charge in [0.15, 0.2) is 11.4 Å². The van der Waals surface area contributed by atoms with Crippen molar-refractivity contribution in [2.75, 3.05) is 6.26 Å². The third-order valence-corrected chi connectivity index (χ3v) is 2.29. The summed E-state index contributed by atoms with van der Waals surface area (Å²) in [6, 6.07) is 7.17. The van der Waals surface area contributed by atoms with Gasteiger partial charge in [-0.25, -0.2) is 4.99 Å². The molecule has 1 rings (SSSR count). The first-order valence-corrected chi connectivity index (χ1v) is 5.50. The number of rotatable bonds is 2. The van der Waals surface area contributed by atoms with E-state index in [1.165, 1.54) is 11.8 Å². The first-order chi connectivity index (χ1) is 7.30. The zero-order chi connectivity index (χ0) is 11.1. The first kappa shape index (κ1) is 11.6. The molecule has 0 saturated heterocycles. The van der Waals surface area contributed by atoms with Crippen molar-refractivity contribution in [1.82, 2.24) is 5.32 Å². The second-order valence-corrected chi connectivity index (χ2v) is 3.48. The molecule has 0 spiro atoms. The molecule has 0 aliphatic heterocycles. The Balaban J connectivity index is 2.83. The van der Waals surface area contributed by atoms with E-state index in [9.17, 15) is 0 Å². The number of hydrogen-bond donors (Lipinski definition) is 2. The molecule has 0 aliphatic carbocycles. The minimum atomic E-state index is 0.0236. The van der Waals surface area contributed by atoms with Gasteiger partial charge in [-0.1, -0.05) is 23.9 Å². The van der Waals surface area contributed by atoms with Gasteiger partial charge in [0.2, 0.25) is 0 Å². The average molecular weight is 221 g/mol. The van der Waals surface area contributed by atoms with Crippen LogP contribution >= 0.6 is 11.8 Å². The summed E-state index contributed by atoms with van der Waals surface area (Å²) >= 11 is 1.37. The van der Waals surface area contributed by atoms with Crippen LogP contribution in [0.1, 0.15) is 5.56 Å². The molecule has 0 unspecified atom stereocenters. The van der Waals surface area contributed by atoms with Crippen LogP contribution in [0.3, 0.4) is 0 Å². The van der Waals surface area contributed by atoms with Gasteiger partial charge >= 0.3 is 0 Å². The van der Waals surface area contributed by atoms with Gasteiger partial charge in [0.05, 0.1) is 12.3 Å². The van der Waals surface area contributed by atoms with Crippen molar-refractivity contribution in [1.29, 1.82) is 5.26 Å². The predicted octanol–water partition coefficient (Wildman–Crippen LogP) is 1.60. The number of benzene rings is 1. The summed E-state index contributed by atoms with van der Waals surface area (Å²) in [5, 5.41) is 20.3. The Hall–Kier alpha value is -1.51. The quantitative estimate of drug-likeness (QED) is 0.344. The average Bonchev–Trinajstić information content (AvgIpc) is 2.29. The van der Waals surface area contributed by atoms with E-state index >= 15 is 0 Å². The Morgan fingerprint density at radius 2 is 2.20 bits per heavy atom. The Morgan fingerprint density at radius 1 is 1.53 bits per heavy atom. The minimum Gasteiger partial charge on any atom is -0.392 e. The minimum absolute atomic E-state index is 0.0236. The van der Waals surface area contributed by atoms with Gasteiger partial charge in [-0.3, -0.25) is 5.32 Å². The summed E-state index contributed by atoms with van der Waals surface area (Å²) in [5.74, 6) is 0. The Kier molecular flexibility index (Phi) is 4.68. The molecular formula is C10H11N3OS. The number of aliphatic imine (C=N–C) groups is 1. The highest BCUT2D eigenvalue weighted by Gasteiger charge is 1.96. The van der Waals surface area contributed by atoms with Gasteiger partial charge < -0.3 is 5.11 Å². The summed E-state index contributed by atoms with van der Waals surface area (Å²) in [6.45, 7) is 0.0236. The van der Waals surface area contributed by atoms with Crippen LogP contribution < -0.4 is 5.32 Å². The van der Waals surface area contributed by atoms with E-state index in [1.54, 1.807) is 24.3 Å². The molecule has 15 heavy (non-hydrogen) atoms. The van der Waals surface area contributed by atoms with Crippen molar-refractivity contribution in [3.8, 4) is 6.19 Å². The van der Waals surface area contributed by atoms with E-state index in [0.29, 0.717) is 5.17 Å². The second-order valence-electron chi connectivity index (χ2n) is 2.68. The van der Waals surface area contributed by atoms with Crippen molar-refractivity contribution < 1.29 is 5.11 Å². The predicted molar refractivity (Wildman–Crippen MR) is 61.7 cm³/mol. The third kappa shape index (κ3) is 3.62. The smallest absolute Gasteiger partial charge is 0.183 e. The lowest BCUT2D eigenvalue weighted by Crippen LogP contribution is -2.12. The molecule has 0 heterocycles. The van der Waals surface area contributed by atoms with E-state index in [0.717, 1.165) is 11.3 Å². The molecule has 0 aromatic heterocycles. The molecule has 78 valence electrons. The Bertz CT molecular complexity index is 381. The largest absolute Gasteiger partial charge is 0.392 e. The molecule has 0 atom stereocenters. The van der Waals surface area contributed by atoms with Gasteiger partial charge in [0.25, 0.3) is 0 Å². The fourth-order valence-electron chi connectivity index (χ4n) is 0.966. The van der Waals surface area contributed by atoms with Gasteiger partial charge in [-0.15, -0.1) is 0 Å². The maximum atomic E-state index is 8.85. The third-order valence-electron chi connectivity index (χ3n) is 1.71. The van der Waals surface area contributed by atoms with E-state index in [1.807, 2.05) is 12.4 Å². The zero-order valence-electron chi connectivity index (χ0n) is 8.27. The number of aliphatic hydroxyl groups is 1. The molecule has 0 aliphatic rings. The zero-order valence-corrected chi connectivity index (χ0v) is 9.08. The molecule has 5 heteroatoms. The van der Waals surface area contributed by atoms with Crippen LogP contribution in [-0.2, 0) is 6.61 Å². The number of nitriles is 1. The fourth-order valence-corrected chi connectivity index (χ4v) is 1.31. The molecule has 0 bridgehead atoms. The lowest BCUT2D eigenvalue weighted by molar-refractivity contribution is 0.282. The standard InChI is InChI=1S/C10H11N3OS/c1-15-10(12-7-11)13-9-4-2-8(6-14)3-5-9/h2-5,14H,6H2,1H3,(H,12,13). The van der Waals surface area contributed by atoms with Gasteiger partial charge in [0, 0.05) is 0 Å². The topological polar surface area (TPSA) is 68.4 Å². The van der Waals surface area contributed by atoms with E-state index in [-0.39, 0.29) is 6.61 Å². The summed E-state index contributed by atoms with van der Waals surface area (Å²) in [5.41, 5.74) is 1.59. The Morgan fingerprint density at radius 3 is 2.67 bits per heavy atom. The van der Waals surface area contributed by atoms with E-state index in [2.05, 4.69) is 10.3 Å². The van der Waals surface area contributed by atoms with Crippen molar-refractivity contribution in [2.24, 2.45) is 4.99 Å². The SMILES string of the molecule is CSC(=Nc1ccc(CO)cc1)NC#N. The molecule has 0 amide bonds. The van der Waals surface area contributed by atoms with Crippen molar-refractivity contribution >= 4 is 22.6 Å². The molecule has 4 nitrogen and oxygen atoms in total. The first-order valence-electron chi connectivity index (χ1n) is 4.27. The van der Waals surface area contributed by atoms with Gasteiger partial charge in [-0.2, -0.15) is 5.26 Å².